The van der Waals surface area contributed by atoms with Gasteiger partial charge in [0.25, 0.3) is 0 Å². The van der Waals surface area contributed by atoms with Gasteiger partial charge in [-0.05, 0) is 0 Å². The SMILES string of the molecule is NN.P.[Ni]. The number of rotatable bonds is 0. The van der Waals surface area contributed by atoms with Crippen LogP contribution in [0.5, 0.6) is 0 Å². The van der Waals surface area contributed by atoms with Crippen LogP contribution in [0, 0.1) is 0 Å². The maximum atomic E-state index is 4.00. The molecule has 0 amide bonds. The van der Waals surface area contributed by atoms with E-state index in [2.05, 4.69) is 11.7 Å². The molecule has 0 saturated carbocycles. The summed E-state index contributed by atoms with van der Waals surface area (Å²) in [6.07, 6.45) is 0. The Labute approximate surface area is 38.8 Å². The van der Waals surface area contributed by atoms with Crippen molar-refractivity contribution in [2.75, 3.05) is 0 Å². The molecule has 0 heterocycles. The maximum Gasteiger partial charge on any atom is 0 e. The van der Waals surface area contributed by atoms with Crippen molar-refractivity contribution in [2.24, 2.45) is 11.7 Å². The van der Waals surface area contributed by atoms with Crippen molar-refractivity contribution in [1.82, 2.24) is 0 Å². The van der Waals surface area contributed by atoms with Gasteiger partial charge in [0.05, 0.1) is 0 Å². The summed E-state index contributed by atoms with van der Waals surface area (Å²) in [7, 11) is 0. The van der Waals surface area contributed by atoms with E-state index in [1.807, 2.05) is 0 Å². The Morgan fingerprint density at radius 2 is 1.00 bits per heavy atom. The molecule has 2 nitrogen and oxygen atoms in total. The zero-order valence-electron chi connectivity index (χ0n) is 2.18. The van der Waals surface area contributed by atoms with Gasteiger partial charge in [0.1, 0.15) is 0 Å². The molecule has 0 aromatic carbocycles. The van der Waals surface area contributed by atoms with Crippen LogP contribution in [0.15, 0.2) is 0 Å². The molecule has 0 radical (unpaired) electrons. The van der Waals surface area contributed by atoms with Crippen molar-refractivity contribution in [3.8, 4) is 0 Å². The van der Waals surface area contributed by atoms with Crippen LogP contribution in [-0.2, 0) is 16.5 Å². The first-order valence-electron chi connectivity index (χ1n) is 0.333. The number of nitrogens with two attached hydrogens (primary N) is 2. The first-order chi connectivity index (χ1) is 1.00. The van der Waals surface area contributed by atoms with E-state index in [0.29, 0.717) is 0 Å². The van der Waals surface area contributed by atoms with Crippen molar-refractivity contribution in [3.63, 3.8) is 0 Å². The molecule has 0 saturated heterocycles. The molecule has 0 aliphatic heterocycles. The number of hydrogen-bond acceptors (Lipinski definition) is 2. The topological polar surface area (TPSA) is 52.0 Å². The zero-order chi connectivity index (χ0) is 2.00. The fraction of sp³-hybridized carbons (Fsp3) is 0. The molecule has 0 aliphatic carbocycles. The number of hydrazine groups is 1. The van der Waals surface area contributed by atoms with E-state index in [-0.39, 0.29) is 26.4 Å². The Morgan fingerprint density at radius 1 is 1.00 bits per heavy atom. The average Bonchev–Trinajstić information content (AvgIpc) is 1.00. The summed E-state index contributed by atoms with van der Waals surface area (Å²) in [5, 5.41) is 0. The molecule has 0 aromatic rings. The standard InChI is InChI=1S/H4N2.Ni.H3P/c1-2;;/h1-2H2;;1H3. The van der Waals surface area contributed by atoms with E-state index < -0.39 is 0 Å². The van der Waals surface area contributed by atoms with Crippen LogP contribution in [0.3, 0.4) is 0 Å². The van der Waals surface area contributed by atoms with Crippen LogP contribution < -0.4 is 11.7 Å². The van der Waals surface area contributed by atoms with Gasteiger partial charge in [-0.15, -0.1) is 0 Å². The van der Waals surface area contributed by atoms with Gasteiger partial charge in [-0.25, -0.2) is 0 Å². The molecule has 0 aliphatic rings. The van der Waals surface area contributed by atoms with Gasteiger partial charge < -0.3 is 0 Å². The van der Waals surface area contributed by atoms with E-state index in [4.69, 9.17) is 0 Å². The fourth-order valence-electron chi connectivity index (χ4n) is 0. The van der Waals surface area contributed by atoms with Gasteiger partial charge in [-0.2, -0.15) is 9.90 Å². The third kappa shape index (κ3) is 13.6. The monoisotopic (exact) mass is 124 g/mol. The third-order valence-corrected chi connectivity index (χ3v) is 0. The Kier molecular flexibility index (Phi) is 230. The van der Waals surface area contributed by atoms with Crippen LogP contribution in [0.1, 0.15) is 0 Å². The fourth-order valence-corrected chi connectivity index (χ4v) is 0. The van der Waals surface area contributed by atoms with Gasteiger partial charge in [0, 0.05) is 16.5 Å². The van der Waals surface area contributed by atoms with Gasteiger partial charge in [-0.1, -0.05) is 0 Å². The Hall–Kier alpha value is 0.844. The second kappa shape index (κ2) is 43.7. The predicted molar refractivity (Wildman–Crippen MR) is 19.5 cm³/mol. The third-order valence-electron chi connectivity index (χ3n) is 0. The summed E-state index contributed by atoms with van der Waals surface area (Å²) in [4.78, 5) is 0. The first-order valence-corrected chi connectivity index (χ1v) is 0.333. The second-order valence-corrected chi connectivity index (χ2v) is 0. The van der Waals surface area contributed by atoms with Crippen molar-refractivity contribution in [1.29, 1.82) is 0 Å². The summed E-state index contributed by atoms with van der Waals surface area (Å²) in [6.45, 7) is 0. The summed E-state index contributed by atoms with van der Waals surface area (Å²) in [5.74, 6) is 8.00. The maximum absolute atomic E-state index is 4.00. The van der Waals surface area contributed by atoms with Crippen LogP contribution in [0.4, 0.5) is 0 Å². The largest absolute Gasteiger partial charge is 0.274 e. The molecular weight excluding hydrogens is 118 g/mol. The molecule has 4 heavy (non-hydrogen) atoms. The molecule has 0 rings (SSSR count). The molecule has 4 heteroatoms. The Morgan fingerprint density at radius 3 is 1.00 bits per heavy atom. The van der Waals surface area contributed by atoms with E-state index in [9.17, 15) is 0 Å². The molecule has 0 fully saturated rings. The summed E-state index contributed by atoms with van der Waals surface area (Å²) in [5.41, 5.74) is 0. The van der Waals surface area contributed by atoms with Crippen LogP contribution in [0.2, 0.25) is 0 Å². The predicted octanol–water partition coefficient (Wildman–Crippen LogP) is -1.13. The van der Waals surface area contributed by atoms with E-state index >= 15 is 0 Å². The first kappa shape index (κ1) is 21.1. The van der Waals surface area contributed by atoms with Crippen molar-refractivity contribution in [3.05, 3.63) is 0 Å². The Bertz CT molecular complexity index is 6.00. The quantitative estimate of drug-likeness (QED) is 0.186. The minimum absolute atomic E-state index is 0. The molecule has 1 unspecified atom stereocenters. The molecule has 32 valence electrons. The molecule has 0 aromatic heterocycles. The van der Waals surface area contributed by atoms with Gasteiger partial charge >= 0.3 is 0 Å². The Balaban J connectivity index is -0.00000000500. The number of hydrogen-bond donors (Lipinski definition) is 2. The average molecular weight is 125 g/mol. The van der Waals surface area contributed by atoms with E-state index in [1.54, 1.807) is 0 Å². The zero-order valence-corrected chi connectivity index (χ0v) is 4.58. The normalized spacial score (nSPS) is 1.50. The van der Waals surface area contributed by atoms with Gasteiger partial charge in [0.15, 0.2) is 0 Å². The van der Waals surface area contributed by atoms with E-state index in [1.165, 1.54) is 0 Å². The van der Waals surface area contributed by atoms with Crippen LogP contribution in [-0.4, -0.2) is 0 Å². The second-order valence-electron chi connectivity index (χ2n) is 0. The van der Waals surface area contributed by atoms with Crippen molar-refractivity contribution < 1.29 is 16.5 Å². The van der Waals surface area contributed by atoms with Gasteiger partial charge in [0.2, 0.25) is 0 Å². The molecule has 4 N–H and O–H groups in total. The summed E-state index contributed by atoms with van der Waals surface area (Å²) in [6, 6.07) is 0. The summed E-state index contributed by atoms with van der Waals surface area (Å²) >= 11 is 0. The van der Waals surface area contributed by atoms with Crippen LogP contribution in [0.25, 0.3) is 0 Å². The molecular formula is H7N2NiP. The molecule has 0 spiro atoms. The molecule has 0 bridgehead atoms. The summed E-state index contributed by atoms with van der Waals surface area (Å²) < 4.78 is 0. The van der Waals surface area contributed by atoms with E-state index in [0.717, 1.165) is 0 Å². The minimum atomic E-state index is 0. The minimum Gasteiger partial charge on any atom is -0.274 e. The van der Waals surface area contributed by atoms with Crippen LogP contribution >= 0.6 is 9.90 Å². The molecule has 1 atom stereocenters. The van der Waals surface area contributed by atoms with Crippen molar-refractivity contribution in [2.45, 2.75) is 0 Å². The smallest absolute Gasteiger partial charge is 0 e. The van der Waals surface area contributed by atoms with Crippen molar-refractivity contribution >= 4 is 9.90 Å². The van der Waals surface area contributed by atoms with Gasteiger partial charge in [-0.3, -0.25) is 11.7 Å².